The first-order valence-corrected chi connectivity index (χ1v) is 9.75. The number of fused-ring (bicyclic) bond motifs is 1. The van der Waals surface area contributed by atoms with Crippen LogP contribution in [-0.2, 0) is 11.2 Å². The normalized spacial score (nSPS) is 18.7. The Hall–Kier alpha value is -2.92. The van der Waals surface area contributed by atoms with E-state index >= 15 is 0 Å². The molecule has 3 aromatic rings. The molecule has 1 aliphatic rings. The van der Waals surface area contributed by atoms with Crippen molar-refractivity contribution in [2.24, 2.45) is 0 Å². The Bertz CT molecular complexity index is 1120. The number of allylic oxidation sites excluding steroid dienone is 1. The fraction of sp³-hybridized carbons (Fsp3) is 0.368. The molecule has 1 N–H and O–H groups in total. The SMILES string of the molecule is C=C(CCc1nnc([C@H]2C[C@@H](OC(F)(F)F)C2)o1)NC(=O)c1cc2ccc(Cl)cn2n1. The van der Waals surface area contributed by atoms with Crippen LogP contribution in [0.15, 0.2) is 41.1 Å². The van der Waals surface area contributed by atoms with Crippen LogP contribution in [0.5, 0.6) is 0 Å². The topological polar surface area (TPSA) is 94.5 Å². The second-order valence-electron chi connectivity index (χ2n) is 7.19. The Kier molecular flexibility index (Phi) is 5.71. The summed E-state index contributed by atoms with van der Waals surface area (Å²) >= 11 is 5.91. The van der Waals surface area contributed by atoms with Crippen molar-refractivity contribution in [2.75, 3.05) is 0 Å². The molecule has 0 atom stereocenters. The molecule has 1 aliphatic carbocycles. The van der Waals surface area contributed by atoms with Crippen LogP contribution in [-0.4, -0.2) is 38.2 Å². The number of rotatable bonds is 7. The molecule has 0 aliphatic heterocycles. The van der Waals surface area contributed by atoms with Crippen LogP contribution in [0, 0.1) is 0 Å². The van der Waals surface area contributed by atoms with Gasteiger partial charge in [0.25, 0.3) is 5.91 Å². The van der Waals surface area contributed by atoms with Gasteiger partial charge in [0.05, 0.1) is 16.6 Å². The molecule has 0 spiro atoms. The largest absolute Gasteiger partial charge is 0.522 e. The minimum atomic E-state index is -4.64. The third-order valence-electron chi connectivity index (χ3n) is 4.81. The highest BCUT2D eigenvalue weighted by atomic mass is 35.5. The zero-order chi connectivity index (χ0) is 22.2. The van der Waals surface area contributed by atoms with Gasteiger partial charge in [0.15, 0.2) is 5.69 Å². The number of halogens is 4. The lowest BCUT2D eigenvalue weighted by Gasteiger charge is -2.32. The molecule has 0 bridgehead atoms. The van der Waals surface area contributed by atoms with Crippen LogP contribution >= 0.6 is 11.6 Å². The van der Waals surface area contributed by atoms with E-state index in [1.165, 1.54) is 4.52 Å². The highest BCUT2D eigenvalue weighted by molar-refractivity contribution is 6.30. The molecular formula is C19H17ClF3N5O3. The van der Waals surface area contributed by atoms with E-state index in [1.807, 2.05) is 0 Å². The Balaban J connectivity index is 1.25. The highest BCUT2D eigenvalue weighted by Crippen LogP contribution is 2.40. The molecule has 1 fully saturated rings. The zero-order valence-electron chi connectivity index (χ0n) is 16.0. The zero-order valence-corrected chi connectivity index (χ0v) is 16.8. The van der Waals surface area contributed by atoms with E-state index in [1.54, 1.807) is 24.4 Å². The van der Waals surface area contributed by atoms with Gasteiger partial charge >= 0.3 is 6.36 Å². The van der Waals surface area contributed by atoms with Crippen molar-refractivity contribution >= 4 is 23.0 Å². The van der Waals surface area contributed by atoms with Gasteiger partial charge in [0.1, 0.15) is 0 Å². The fourth-order valence-corrected chi connectivity index (χ4v) is 3.36. The Morgan fingerprint density at radius 2 is 2.13 bits per heavy atom. The number of alkyl halides is 3. The van der Waals surface area contributed by atoms with Crippen LogP contribution in [0.1, 0.15) is 47.5 Å². The number of nitrogens with one attached hydrogen (secondary N) is 1. The van der Waals surface area contributed by atoms with Gasteiger partial charge in [-0.2, -0.15) is 5.10 Å². The van der Waals surface area contributed by atoms with E-state index in [0.717, 1.165) is 5.52 Å². The maximum absolute atomic E-state index is 12.4. The summed E-state index contributed by atoms with van der Waals surface area (Å²) < 4.78 is 47.5. The van der Waals surface area contributed by atoms with Crippen LogP contribution in [0.25, 0.3) is 5.52 Å². The third-order valence-corrected chi connectivity index (χ3v) is 5.04. The van der Waals surface area contributed by atoms with Gasteiger partial charge in [0.2, 0.25) is 11.8 Å². The second kappa shape index (κ2) is 8.31. The van der Waals surface area contributed by atoms with Crippen molar-refractivity contribution in [1.29, 1.82) is 0 Å². The maximum Gasteiger partial charge on any atom is 0.522 e. The lowest BCUT2D eigenvalue weighted by molar-refractivity contribution is -0.352. The third kappa shape index (κ3) is 5.23. The van der Waals surface area contributed by atoms with Gasteiger partial charge in [-0.1, -0.05) is 18.2 Å². The van der Waals surface area contributed by atoms with Gasteiger partial charge in [-0.05, 0) is 37.5 Å². The average Bonchev–Trinajstić information content (AvgIpc) is 3.28. The van der Waals surface area contributed by atoms with E-state index in [2.05, 4.69) is 31.9 Å². The lowest BCUT2D eigenvalue weighted by atomic mass is 9.82. The second-order valence-corrected chi connectivity index (χ2v) is 7.63. The van der Waals surface area contributed by atoms with Gasteiger partial charge in [-0.15, -0.1) is 23.4 Å². The van der Waals surface area contributed by atoms with E-state index in [-0.39, 0.29) is 30.3 Å². The van der Waals surface area contributed by atoms with Crippen molar-refractivity contribution < 1.29 is 27.1 Å². The van der Waals surface area contributed by atoms with Crippen molar-refractivity contribution in [2.45, 2.75) is 44.1 Å². The quantitative estimate of drug-likeness (QED) is 0.578. The molecular weight excluding hydrogens is 439 g/mol. The molecule has 1 saturated carbocycles. The van der Waals surface area contributed by atoms with Crippen LogP contribution in [0.3, 0.4) is 0 Å². The summed E-state index contributed by atoms with van der Waals surface area (Å²) in [6, 6.07) is 5.07. The van der Waals surface area contributed by atoms with E-state index in [4.69, 9.17) is 16.0 Å². The summed E-state index contributed by atoms with van der Waals surface area (Å²) in [6.07, 6.45) is -2.92. The number of aromatic nitrogens is 4. The van der Waals surface area contributed by atoms with Gasteiger partial charge < -0.3 is 9.73 Å². The van der Waals surface area contributed by atoms with Crippen LogP contribution in [0.4, 0.5) is 13.2 Å². The maximum atomic E-state index is 12.4. The van der Waals surface area contributed by atoms with Crippen molar-refractivity contribution in [3.63, 3.8) is 0 Å². The van der Waals surface area contributed by atoms with Crippen molar-refractivity contribution in [3.05, 3.63) is 59.2 Å². The molecule has 0 saturated heterocycles. The Labute approximate surface area is 179 Å². The number of ether oxygens (including phenoxy) is 1. The summed E-state index contributed by atoms with van der Waals surface area (Å²) in [7, 11) is 0. The molecule has 31 heavy (non-hydrogen) atoms. The number of amides is 1. The molecule has 0 aromatic carbocycles. The standard InChI is InChI=1S/C19H17ClF3N5O3/c1-10(24-17(29)15-8-13-4-3-12(20)9-28(13)27-15)2-5-16-25-26-18(30-16)11-6-14(7-11)31-19(21,22)23/h3-4,8-9,11,14H,1-2,5-7H2,(H,24,29)/t11-,14+. The summed E-state index contributed by atoms with van der Waals surface area (Å²) in [5, 5.41) is 15.1. The molecule has 8 nitrogen and oxygen atoms in total. The van der Waals surface area contributed by atoms with E-state index in [9.17, 15) is 18.0 Å². The van der Waals surface area contributed by atoms with E-state index in [0.29, 0.717) is 29.5 Å². The number of pyridine rings is 1. The minimum Gasteiger partial charge on any atom is -0.425 e. The average molecular weight is 456 g/mol. The smallest absolute Gasteiger partial charge is 0.425 e. The van der Waals surface area contributed by atoms with E-state index < -0.39 is 18.4 Å². The summed E-state index contributed by atoms with van der Waals surface area (Å²) in [4.78, 5) is 12.4. The Morgan fingerprint density at radius 3 is 2.87 bits per heavy atom. The number of hydrogen-bond donors (Lipinski definition) is 1. The molecule has 0 radical (unpaired) electrons. The lowest BCUT2D eigenvalue weighted by Crippen LogP contribution is -2.34. The molecule has 12 heteroatoms. The first-order chi connectivity index (χ1) is 14.7. The van der Waals surface area contributed by atoms with Crippen molar-refractivity contribution in [3.8, 4) is 0 Å². The number of nitrogens with zero attached hydrogens (tertiary/aromatic N) is 4. The molecule has 164 valence electrons. The minimum absolute atomic E-state index is 0.175. The summed E-state index contributed by atoms with van der Waals surface area (Å²) in [5.41, 5.74) is 1.36. The number of carbonyl (C=O) groups is 1. The van der Waals surface area contributed by atoms with Crippen molar-refractivity contribution in [1.82, 2.24) is 25.1 Å². The molecule has 3 heterocycles. The predicted octanol–water partition coefficient (Wildman–Crippen LogP) is 4.03. The first kappa shape index (κ1) is 21.3. The monoisotopic (exact) mass is 455 g/mol. The molecule has 0 unspecified atom stereocenters. The van der Waals surface area contributed by atoms with Crippen LogP contribution < -0.4 is 5.32 Å². The summed E-state index contributed by atoms with van der Waals surface area (Å²) in [6.45, 7) is 3.82. The highest BCUT2D eigenvalue weighted by Gasteiger charge is 2.42. The summed E-state index contributed by atoms with van der Waals surface area (Å²) in [5.74, 6) is -0.0655. The van der Waals surface area contributed by atoms with Crippen LogP contribution in [0.2, 0.25) is 5.02 Å². The molecule has 1 amide bonds. The number of hydrogen-bond acceptors (Lipinski definition) is 6. The molecule has 3 aromatic heterocycles. The fourth-order valence-electron chi connectivity index (χ4n) is 3.20. The predicted molar refractivity (Wildman–Crippen MR) is 102 cm³/mol. The number of carbonyl (C=O) groups excluding carboxylic acids is 1. The Morgan fingerprint density at radius 1 is 1.35 bits per heavy atom. The number of aryl methyl sites for hydroxylation is 1. The van der Waals surface area contributed by atoms with Gasteiger partial charge in [-0.3, -0.25) is 9.53 Å². The van der Waals surface area contributed by atoms with Gasteiger partial charge in [-0.25, -0.2) is 4.52 Å². The first-order valence-electron chi connectivity index (χ1n) is 9.37. The van der Waals surface area contributed by atoms with Gasteiger partial charge in [0, 0.05) is 24.2 Å². The molecule has 4 rings (SSSR count).